The van der Waals surface area contributed by atoms with Gasteiger partial charge >= 0.3 is 0 Å². The average Bonchev–Trinajstić information content (AvgIpc) is 3.96. The molecule has 48 heavy (non-hydrogen) atoms. The van der Waals surface area contributed by atoms with Crippen molar-refractivity contribution in [1.29, 1.82) is 0 Å². The number of carbonyl (C=O) groups excluding carboxylic acids is 4. The smallest absolute Gasteiger partial charge is 0.240 e. The van der Waals surface area contributed by atoms with Crippen molar-refractivity contribution in [1.82, 2.24) is 14.6 Å². The fourth-order valence-corrected chi connectivity index (χ4v) is 8.04. The van der Waals surface area contributed by atoms with Gasteiger partial charge in [-0.05, 0) is 60.2 Å². The van der Waals surface area contributed by atoms with Crippen LogP contribution in [0, 0.1) is 22.7 Å². The number of hydrogen-bond donors (Lipinski definition) is 1. The highest BCUT2D eigenvalue weighted by molar-refractivity contribution is 7.90. The van der Waals surface area contributed by atoms with Gasteiger partial charge in [0.05, 0.1) is 30.4 Å². The van der Waals surface area contributed by atoms with Gasteiger partial charge in [0.15, 0.2) is 11.6 Å². The van der Waals surface area contributed by atoms with Crippen LogP contribution in [-0.2, 0) is 33.9 Å². The standard InChI is InChI=1S/C35H45N3O9S/c1-7-22-17-35(22,33(42)37-48(43,44)26-9-10-26)18-30(40)29-16-25(47-31-27-11-8-24(46-6)14-21(27)12-13-36-31)19-38(29)32(41)28(34(2,3)4)15-23(39)20-45-5/h7-8,11-14,22,25-26,28-29H,1,9-10,15-20H2,2-6H3,(H,37,42)/t22-,25?,28-,29+,35-/m1/s1. The van der Waals surface area contributed by atoms with E-state index in [9.17, 15) is 27.6 Å². The molecule has 1 saturated heterocycles. The van der Waals surface area contributed by atoms with Crippen molar-refractivity contribution in [3.63, 3.8) is 0 Å². The van der Waals surface area contributed by atoms with Gasteiger partial charge < -0.3 is 19.1 Å². The third-order valence-electron chi connectivity index (χ3n) is 9.77. The number of pyridine rings is 1. The molecule has 1 unspecified atom stereocenters. The van der Waals surface area contributed by atoms with Crippen LogP contribution >= 0.6 is 0 Å². The predicted octanol–water partition coefficient (Wildman–Crippen LogP) is 3.62. The molecule has 0 radical (unpaired) electrons. The molecule has 5 rings (SSSR count). The number of rotatable bonds is 15. The van der Waals surface area contributed by atoms with Crippen molar-refractivity contribution in [3.05, 3.63) is 43.1 Å². The zero-order valence-electron chi connectivity index (χ0n) is 28.2. The Morgan fingerprint density at radius 3 is 2.50 bits per heavy atom. The Kier molecular flexibility index (Phi) is 10.0. The van der Waals surface area contributed by atoms with E-state index >= 15 is 0 Å². The van der Waals surface area contributed by atoms with Crippen LogP contribution in [-0.4, -0.2) is 86.4 Å². The van der Waals surface area contributed by atoms with Crippen LogP contribution in [0.3, 0.4) is 0 Å². The van der Waals surface area contributed by atoms with Crippen molar-refractivity contribution >= 4 is 44.2 Å². The van der Waals surface area contributed by atoms with Gasteiger partial charge in [-0.15, -0.1) is 6.58 Å². The van der Waals surface area contributed by atoms with E-state index in [2.05, 4.69) is 16.3 Å². The maximum Gasteiger partial charge on any atom is 0.240 e. The average molecular weight is 684 g/mol. The van der Waals surface area contributed by atoms with E-state index in [1.54, 1.807) is 25.4 Å². The minimum atomic E-state index is -3.84. The minimum absolute atomic E-state index is 0.0503. The number of nitrogens with zero attached hydrogens (tertiary/aromatic N) is 2. The zero-order valence-corrected chi connectivity index (χ0v) is 29.0. The summed E-state index contributed by atoms with van der Waals surface area (Å²) in [4.78, 5) is 60.7. The second kappa shape index (κ2) is 13.6. The van der Waals surface area contributed by atoms with E-state index in [1.165, 1.54) is 12.0 Å². The molecule has 2 saturated carbocycles. The minimum Gasteiger partial charge on any atom is -0.497 e. The first-order chi connectivity index (χ1) is 22.6. The summed E-state index contributed by atoms with van der Waals surface area (Å²) in [5.41, 5.74) is -1.91. The van der Waals surface area contributed by atoms with Gasteiger partial charge in [0.1, 0.15) is 18.5 Å². The summed E-state index contributed by atoms with van der Waals surface area (Å²) in [6, 6.07) is 6.32. The largest absolute Gasteiger partial charge is 0.497 e. The lowest BCUT2D eigenvalue weighted by Crippen LogP contribution is -2.48. The molecule has 5 atom stereocenters. The van der Waals surface area contributed by atoms with Gasteiger partial charge in [0.25, 0.3) is 0 Å². The molecule has 1 aromatic carbocycles. The third kappa shape index (κ3) is 7.41. The molecule has 2 amide bonds. The Balaban J connectivity index is 1.44. The molecule has 12 nitrogen and oxygen atoms in total. The van der Waals surface area contributed by atoms with E-state index in [-0.39, 0.29) is 62.2 Å². The monoisotopic (exact) mass is 683 g/mol. The molecule has 13 heteroatoms. The normalized spacial score (nSPS) is 24.5. The maximum atomic E-state index is 14.4. The fraction of sp³-hybridized carbons (Fsp3) is 0.571. The van der Waals surface area contributed by atoms with Crippen LogP contribution in [0.1, 0.15) is 59.3 Å². The van der Waals surface area contributed by atoms with Gasteiger partial charge in [-0.2, -0.15) is 0 Å². The number of aromatic nitrogens is 1. The van der Waals surface area contributed by atoms with Crippen LogP contribution in [0.4, 0.5) is 0 Å². The third-order valence-corrected chi connectivity index (χ3v) is 11.6. The lowest BCUT2D eigenvalue weighted by molar-refractivity contribution is -0.146. The number of benzene rings is 1. The summed E-state index contributed by atoms with van der Waals surface area (Å²) in [5, 5.41) is 0.957. The second-order valence-corrected chi connectivity index (χ2v) is 16.3. The molecule has 3 aliphatic rings. The number of hydrogen-bond acceptors (Lipinski definition) is 10. The zero-order chi connectivity index (χ0) is 35.0. The SMILES string of the molecule is C=C[C@@H]1C[C@]1(CC(=O)[C@@H]1CC(Oc2nccc3cc(OC)ccc23)CN1C(=O)[C@@H](CC(=O)COC)C(C)(C)C)C(=O)NS(=O)(=O)C1CC1. The van der Waals surface area contributed by atoms with Crippen LogP contribution in [0.15, 0.2) is 43.1 Å². The number of ether oxygens (including phenoxy) is 3. The topological polar surface area (TPSA) is 158 Å². The molecule has 2 aromatic rings. The molecule has 2 heterocycles. The van der Waals surface area contributed by atoms with Crippen LogP contribution in [0.5, 0.6) is 11.6 Å². The first-order valence-electron chi connectivity index (χ1n) is 16.3. The predicted molar refractivity (Wildman–Crippen MR) is 178 cm³/mol. The lowest BCUT2D eigenvalue weighted by atomic mass is 9.76. The number of allylic oxidation sites excluding steroid dienone is 1. The maximum absolute atomic E-state index is 14.4. The number of methoxy groups -OCH3 is 2. The van der Waals surface area contributed by atoms with E-state index in [0.717, 1.165) is 10.8 Å². The molecule has 1 aliphatic heterocycles. The van der Waals surface area contributed by atoms with E-state index in [4.69, 9.17) is 14.2 Å². The summed E-state index contributed by atoms with van der Waals surface area (Å²) in [5.74, 6) is -1.88. The molecule has 1 N–H and O–H groups in total. The first-order valence-corrected chi connectivity index (χ1v) is 17.8. The summed E-state index contributed by atoms with van der Waals surface area (Å²) in [6.45, 7) is 9.30. The van der Waals surface area contributed by atoms with E-state index < -0.39 is 50.1 Å². The number of amides is 2. The quantitative estimate of drug-likeness (QED) is 0.275. The number of fused-ring (bicyclic) bond motifs is 1. The Labute approximate surface area is 281 Å². The molecule has 0 bridgehead atoms. The molecule has 260 valence electrons. The summed E-state index contributed by atoms with van der Waals surface area (Å²) >= 11 is 0. The molecule has 3 fully saturated rings. The number of Topliss-reactive ketones (excluding diaryl/α,β-unsaturated/α-hetero) is 2. The van der Waals surface area contributed by atoms with E-state index in [1.807, 2.05) is 39.0 Å². The van der Waals surface area contributed by atoms with Gasteiger partial charge in [0.2, 0.25) is 27.7 Å². The van der Waals surface area contributed by atoms with Crippen LogP contribution < -0.4 is 14.2 Å². The van der Waals surface area contributed by atoms with Crippen molar-refractivity contribution in [3.8, 4) is 11.6 Å². The van der Waals surface area contributed by atoms with Crippen molar-refractivity contribution in [2.45, 2.75) is 76.7 Å². The van der Waals surface area contributed by atoms with Crippen LogP contribution in [0.2, 0.25) is 0 Å². The first kappa shape index (κ1) is 35.5. The molecular formula is C35H45N3O9S. The summed E-state index contributed by atoms with van der Waals surface area (Å²) in [7, 11) is -0.846. The number of nitrogens with one attached hydrogen (secondary N) is 1. The lowest BCUT2D eigenvalue weighted by Gasteiger charge is -2.35. The highest BCUT2D eigenvalue weighted by Crippen LogP contribution is 2.57. The van der Waals surface area contributed by atoms with Gasteiger partial charge in [-0.1, -0.05) is 26.8 Å². The second-order valence-electron chi connectivity index (χ2n) is 14.3. The Hall–Kier alpha value is -3.84. The van der Waals surface area contributed by atoms with Crippen molar-refractivity contribution in [2.24, 2.45) is 22.7 Å². The number of likely N-dealkylation sites (tertiary alicyclic amines) is 1. The highest BCUT2D eigenvalue weighted by atomic mass is 32.2. The molecule has 0 spiro atoms. The fourth-order valence-electron chi connectivity index (χ4n) is 6.66. The summed E-state index contributed by atoms with van der Waals surface area (Å²) in [6.07, 6.45) is 3.57. The van der Waals surface area contributed by atoms with Crippen molar-refractivity contribution in [2.75, 3.05) is 27.4 Å². The Bertz CT molecular complexity index is 1720. The summed E-state index contributed by atoms with van der Waals surface area (Å²) < 4.78 is 44.3. The molecule has 1 aromatic heterocycles. The Morgan fingerprint density at radius 1 is 1.17 bits per heavy atom. The number of carbonyl (C=O) groups is 4. The van der Waals surface area contributed by atoms with Gasteiger partial charge in [-0.25, -0.2) is 13.4 Å². The number of sulfonamides is 1. The Morgan fingerprint density at radius 2 is 1.90 bits per heavy atom. The van der Waals surface area contributed by atoms with Crippen LogP contribution in [0.25, 0.3) is 10.8 Å². The van der Waals surface area contributed by atoms with Crippen molar-refractivity contribution < 1.29 is 41.8 Å². The molecular weight excluding hydrogens is 638 g/mol. The highest BCUT2D eigenvalue weighted by Gasteiger charge is 2.61. The van der Waals surface area contributed by atoms with Gasteiger partial charge in [-0.3, -0.25) is 23.9 Å². The molecule has 2 aliphatic carbocycles. The van der Waals surface area contributed by atoms with Gasteiger partial charge in [0, 0.05) is 43.9 Å². The number of ketones is 2. The van der Waals surface area contributed by atoms with E-state index in [0.29, 0.717) is 24.5 Å².